The lowest BCUT2D eigenvalue weighted by Crippen LogP contribution is -2.42. The van der Waals surface area contributed by atoms with Gasteiger partial charge in [0, 0.05) is 25.0 Å². The van der Waals surface area contributed by atoms with Gasteiger partial charge in [-0.15, -0.1) is 0 Å². The maximum absolute atomic E-state index is 2.60. The molecule has 0 aliphatic carbocycles. The minimum Gasteiger partial charge on any atom is -0.356 e. The molecule has 142 valence electrons. The number of rotatable bonds is 15. The first-order chi connectivity index (χ1) is 11.7. The second-order valence-corrected chi connectivity index (χ2v) is 7.88. The van der Waals surface area contributed by atoms with Crippen molar-refractivity contribution in [1.29, 1.82) is 0 Å². The van der Waals surface area contributed by atoms with E-state index in [1.807, 2.05) is 0 Å². The highest BCUT2D eigenvalue weighted by Crippen LogP contribution is 2.24. The minimum atomic E-state index is 0.612. The fraction of sp³-hybridized carbons (Fsp3) is 0.909. The highest BCUT2D eigenvalue weighted by molar-refractivity contribution is 4.98. The Morgan fingerprint density at radius 3 is 1.83 bits per heavy atom. The molecule has 0 fully saturated rings. The van der Waals surface area contributed by atoms with Crippen molar-refractivity contribution >= 4 is 0 Å². The van der Waals surface area contributed by atoms with Crippen LogP contribution < -0.4 is 0 Å². The van der Waals surface area contributed by atoms with Crippen molar-refractivity contribution in [3.63, 3.8) is 0 Å². The van der Waals surface area contributed by atoms with E-state index in [0.29, 0.717) is 12.2 Å². The minimum absolute atomic E-state index is 0.612. The van der Waals surface area contributed by atoms with Crippen molar-refractivity contribution in [2.45, 2.75) is 123 Å². The van der Waals surface area contributed by atoms with Crippen LogP contribution in [0.1, 0.15) is 111 Å². The summed E-state index contributed by atoms with van der Waals surface area (Å²) < 4.78 is 0. The zero-order valence-electron chi connectivity index (χ0n) is 17.1. The van der Waals surface area contributed by atoms with Crippen LogP contribution in [-0.4, -0.2) is 28.6 Å². The molecule has 0 amide bonds. The molecule has 2 nitrogen and oxygen atoms in total. The molecule has 0 aromatic carbocycles. The van der Waals surface area contributed by atoms with Crippen LogP contribution in [0, 0.1) is 0 Å². The smallest absolute Gasteiger partial charge is 0.101 e. The van der Waals surface area contributed by atoms with Crippen LogP contribution in [0.4, 0.5) is 0 Å². The third kappa shape index (κ3) is 8.44. The summed E-state index contributed by atoms with van der Waals surface area (Å²) in [6, 6.07) is 0.612. The second-order valence-electron chi connectivity index (χ2n) is 7.88. The third-order valence-corrected chi connectivity index (χ3v) is 5.34. The van der Waals surface area contributed by atoms with Gasteiger partial charge >= 0.3 is 0 Å². The molecule has 1 atom stereocenters. The van der Waals surface area contributed by atoms with Gasteiger partial charge in [-0.05, 0) is 33.1 Å². The molecule has 0 saturated carbocycles. The number of nitrogens with zero attached hydrogens (tertiary/aromatic N) is 2. The van der Waals surface area contributed by atoms with Crippen LogP contribution in [0.2, 0.25) is 0 Å². The Hall–Kier alpha value is -0.660. The predicted molar refractivity (Wildman–Crippen MR) is 108 cm³/mol. The van der Waals surface area contributed by atoms with Gasteiger partial charge in [0.25, 0.3) is 0 Å². The molecule has 0 aromatic rings. The maximum atomic E-state index is 2.60. The lowest BCUT2D eigenvalue weighted by atomic mass is 10.1. The van der Waals surface area contributed by atoms with Gasteiger partial charge in [-0.1, -0.05) is 78.1 Å². The Labute approximate surface area is 152 Å². The topological polar surface area (TPSA) is 6.48 Å². The first-order valence-electron chi connectivity index (χ1n) is 10.9. The SMILES string of the molecule is CCCCCCCCCCCC1N(CCCCC)C=CN1C(C)C. The molecular weight excluding hydrogens is 292 g/mol. The highest BCUT2D eigenvalue weighted by atomic mass is 15.4. The summed E-state index contributed by atoms with van der Waals surface area (Å²) in [5, 5.41) is 0. The lowest BCUT2D eigenvalue weighted by Gasteiger charge is -2.35. The molecule has 0 N–H and O–H groups in total. The van der Waals surface area contributed by atoms with E-state index >= 15 is 0 Å². The van der Waals surface area contributed by atoms with Gasteiger partial charge in [-0.2, -0.15) is 0 Å². The van der Waals surface area contributed by atoms with E-state index in [1.165, 1.54) is 90.0 Å². The standard InChI is InChI=1S/C22H44N2/c1-5-7-9-10-11-12-13-14-15-17-22-23(18-16-8-6-2)19-20-24(22)21(3)4/h19-22H,5-18H2,1-4H3. The molecule has 0 aromatic heterocycles. The second kappa shape index (κ2) is 13.6. The average molecular weight is 337 g/mol. The fourth-order valence-corrected chi connectivity index (χ4v) is 3.77. The van der Waals surface area contributed by atoms with E-state index in [4.69, 9.17) is 0 Å². The Bertz CT molecular complexity index is 311. The fourth-order valence-electron chi connectivity index (χ4n) is 3.77. The number of hydrogen-bond acceptors (Lipinski definition) is 2. The quantitative estimate of drug-likeness (QED) is 0.299. The van der Waals surface area contributed by atoms with E-state index in [1.54, 1.807) is 0 Å². The van der Waals surface area contributed by atoms with Crippen molar-refractivity contribution in [2.24, 2.45) is 0 Å². The lowest BCUT2D eigenvalue weighted by molar-refractivity contribution is 0.114. The van der Waals surface area contributed by atoms with E-state index < -0.39 is 0 Å². The summed E-state index contributed by atoms with van der Waals surface area (Å²) in [7, 11) is 0. The molecule has 2 heteroatoms. The molecule has 0 bridgehead atoms. The maximum Gasteiger partial charge on any atom is 0.101 e. The Kier molecular flexibility index (Phi) is 12.1. The van der Waals surface area contributed by atoms with E-state index in [0.717, 1.165) is 0 Å². The van der Waals surface area contributed by atoms with Gasteiger partial charge in [0.2, 0.25) is 0 Å². The van der Waals surface area contributed by atoms with E-state index in [2.05, 4.69) is 49.9 Å². The van der Waals surface area contributed by atoms with E-state index in [9.17, 15) is 0 Å². The predicted octanol–water partition coefficient (Wildman–Crippen LogP) is 6.92. The normalized spacial score (nSPS) is 17.5. The summed E-state index contributed by atoms with van der Waals surface area (Å²) >= 11 is 0. The average Bonchev–Trinajstić information content (AvgIpc) is 2.97. The number of unbranched alkanes of at least 4 members (excludes halogenated alkanes) is 10. The molecule has 1 unspecified atom stereocenters. The molecular formula is C22H44N2. The van der Waals surface area contributed by atoms with Gasteiger partial charge in [0.1, 0.15) is 6.17 Å². The zero-order valence-corrected chi connectivity index (χ0v) is 17.1. The van der Waals surface area contributed by atoms with Crippen molar-refractivity contribution in [3.05, 3.63) is 12.4 Å². The van der Waals surface area contributed by atoms with Crippen LogP contribution in [0.15, 0.2) is 12.4 Å². The number of hydrogen-bond donors (Lipinski definition) is 0. The first-order valence-corrected chi connectivity index (χ1v) is 10.9. The summed E-state index contributed by atoms with van der Waals surface area (Å²) in [6.45, 7) is 10.5. The zero-order chi connectivity index (χ0) is 17.6. The van der Waals surface area contributed by atoms with Crippen LogP contribution in [0.25, 0.3) is 0 Å². The largest absolute Gasteiger partial charge is 0.356 e. The van der Waals surface area contributed by atoms with Gasteiger partial charge in [-0.3, -0.25) is 0 Å². The van der Waals surface area contributed by atoms with Gasteiger partial charge in [-0.25, -0.2) is 0 Å². The molecule has 24 heavy (non-hydrogen) atoms. The summed E-state index contributed by atoms with van der Waals surface area (Å²) in [5.41, 5.74) is 0. The summed E-state index contributed by atoms with van der Waals surface area (Å²) in [5.74, 6) is 0. The summed E-state index contributed by atoms with van der Waals surface area (Å²) in [6.07, 6.45) is 23.4. The van der Waals surface area contributed by atoms with Crippen molar-refractivity contribution in [1.82, 2.24) is 9.80 Å². The molecule has 0 spiro atoms. The first kappa shape index (κ1) is 21.4. The molecule has 1 heterocycles. The third-order valence-electron chi connectivity index (χ3n) is 5.34. The molecule has 1 rings (SSSR count). The Morgan fingerprint density at radius 2 is 1.25 bits per heavy atom. The van der Waals surface area contributed by atoms with Gasteiger partial charge < -0.3 is 9.80 Å². The van der Waals surface area contributed by atoms with Crippen molar-refractivity contribution < 1.29 is 0 Å². The summed E-state index contributed by atoms with van der Waals surface area (Å²) in [4.78, 5) is 5.16. The van der Waals surface area contributed by atoms with Crippen LogP contribution in [0.5, 0.6) is 0 Å². The van der Waals surface area contributed by atoms with Gasteiger partial charge in [0.15, 0.2) is 0 Å². The monoisotopic (exact) mass is 336 g/mol. The van der Waals surface area contributed by atoms with Crippen LogP contribution in [0.3, 0.4) is 0 Å². The molecule has 1 aliphatic rings. The molecule has 0 radical (unpaired) electrons. The molecule has 0 saturated heterocycles. The highest BCUT2D eigenvalue weighted by Gasteiger charge is 2.26. The van der Waals surface area contributed by atoms with Crippen molar-refractivity contribution in [2.75, 3.05) is 6.54 Å². The van der Waals surface area contributed by atoms with Crippen LogP contribution >= 0.6 is 0 Å². The Morgan fingerprint density at radius 1 is 0.708 bits per heavy atom. The van der Waals surface area contributed by atoms with Crippen molar-refractivity contribution in [3.8, 4) is 0 Å². The van der Waals surface area contributed by atoms with Gasteiger partial charge in [0.05, 0.1) is 0 Å². The Balaban J connectivity index is 2.18. The van der Waals surface area contributed by atoms with E-state index in [-0.39, 0.29) is 0 Å². The molecule has 1 aliphatic heterocycles. The van der Waals surface area contributed by atoms with Crippen LogP contribution in [-0.2, 0) is 0 Å².